The number of hydrogen-bond acceptors (Lipinski definition) is 7. The first-order chi connectivity index (χ1) is 20.6. The van der Waals surface area contributed by atoms with Crippen LogP contribution in [0, 0.1) is 11.3 Å². The number of alkyl halides is 3. The molecule has 43 heavy (non-hydrogen) atoms. The first-order valence-electron chi connectivity index (χ1n) is 13.9. The Balaban J connectivity index is 1.39. The van der Waals surface area contributed by atoms with E-state index in [-0.39, 0.29) is 23.5 Å². The van der Waals surface area contributed by atoms with Crippen LogP contribution in [-0.4, -0.2) is 50.5 Å². The Kier molecular flexibility index (Phi) is 10.1. The molecule has 0 bridgehead atoms. The molecule has 3 aromatic rings. The van der Waals surface area contributed by atoms with Crippen molar-refractivity contribution in [2.45, 2.75) is 45.3 Å². The molecular formula is C32H32F3N3O5. The van der Waals surface area contributed by atoms with E-state index in [1.54, 1.807) is 30.3 Å². The van der Waals surface area contributed by atoms with E-state index in [1.807, 2.05) is 30.9 Å². The van der Waals surface area contributed by atoms with Gasteiger partial charge in [-0.15, -0.1) is 0 Å². The van der Waals surface area contributed by atoms with Gasteiger partial charge in [-0.25, -0.2) is 4.79 Å². The van der Waals surface area contributed by atoms with Crippen LogP contribution in [0.15, 0.2) is 60.7 Å². The van der Waals surface area contributed by atoms with Gasteiger partial charge in [-0.05, 0) is 73.7 Å². The lowest BCUT2D eigenvalue weighted by molar-refractivity contribution is -0.153. The first-order valence-corrected chi connectivity index (χ1v) is 13.9. The number of nitriles is 1. The molecule has 0 fully saturated rings. The molecule has 1 aliphatic heterocycles. The normalized spacial score (nSPS) is 13.1. The Labute approximate surface area is 248 Å². The summed E-state index contributed by atoms with van der Waals surface area (Å²) < 4.78 is 53.1. The Morgan fingerprint density at radius 2 is 1.81 bits per heavy atom. The predicted octanol–water partition coefficient (Wildman–Crippen LogP) is 5.89. The van der Waals surface area contributed by atoms with E-state index in [2.05, 4.69) is 11.4 Å². The summed E-state index contributed by atoms with van der Waals surface area (Å²) in [5.41, 5.74) is 4.38. The van der Waals surface area contributed by atoms with Crippen LogP contribution in [-0.2, 0) is 22.4 Å². The fourth-order valence-electron chi connectivity index (χ4n) is 4.87. The van der Waals surface area contributed by atoms with Gasteiger partial charge in [0.05, 0.1) is 23.4 Å². The first kappa shape index (κ1) is 31.2. The second kappa shape index (κ2) is 14.0. The smallest absolute Gasteiger partial charge is 0.422 e. The quantitative estimate of drug-likeness (QED) is 0.261. The molecule has 0 aliphatic carbocycles. The number of halogens is 3. The average molecular weight is 596 g/mol. The van der Waals surface area contributed by atoms with E-state index in [1.165, 1.54) is 18.2 Å². The highest BCUT2D eigenvalue weighted by atomic mass is 19.4. The largest absolute Gasteiger partial charge is 0.480 e. The van der Waals surface area contributed by atoms with E-state index >= 15 is 0 Å². The molecule has 8 nitrogen and oxygen atoms in total. The van der Waals surface area contributed by atoms with E-state index < -0.39 is 25.3 Å². The van der Waals surface area contributed by atoms with E-state index in [0.29, 0.717) is 37.1 Å². The van der Waals surface area contributed by atoms with Gasteiger partial charge in [0.15, 0.2) is 24.7 Å². The van der Waals surface area contributed by atoms with Gasteiger partial charge >= 0.3 is 12.1 Å². The van der Waals surface area contributed by atoms with Crippen LogP contribution in [0.5, 0.6) is 11.5 Å². The highest BCUT2D eigenvalue weighted by molar-refractivity contribution is 5.91. The SMILES string of the molecule is CCCOC(=O)c1cccc(N2CCc3cc(CC(C)NC(=O)COc4ccccc4OCC(F)(F)F)cc(C#N)c32)c1. The Morgan fingerprint density at radius 3 is 2.51 bits per heavy atom. The van der Waals surface area contributed by atoms with Crippen LogP contribution < -0.4 is 19.7 Å². The number of para-hydroxylation sites is 2. The van der Waals surface area contributed by atoms with Gasteiger partial charge in [-0.2, -0.15) is 18.4 Å². The number of esters is 1. The minimum absolute atomic E-state index is 0.0276. The fraction of sp³-hybridized carbons (Fsp3) is 0.344. The van der Waals surface area contributed by atoms with Crippen molar-refractivity contribution in [3.63, 3.8) is 0 Å². The molecule has 11 heteroatoms. The topological polar surface area (TPSA) is 101 Å². The maximum atomic E-state index is 12.5. The summed E-state index contributed by atoms with van der Waals surface area (Å²) in [4.78, 5) is 26.9. The molecule has 4 rings (SSSR count). The van der Waals surface area contributed by atoms with Gasteiger partial charge < -0.3 is 24.4 Å². The number of nitrogens with one attached hydrogen (secondary N) is 1. The number of carbonyl (C=O) groups excluding carboxylic acids is 2. The Bertz CT molecular complexity index is 1500. The minimum Gasteiger partial charge on any atom is -0.480 e. The lowest BCUT2D eigenvalue weighted by Crippen LogP contribution is -2.37. The lowest BCUT2D eigenvalue weighted by Gasteiger charge is -2.22. The van der Waals surface area contributed by atoms with E-state index in [0.717, 1.165) is 28.9 Å². The standard InChI is InChI=1S/C32H32F3N3O5/c1-3-13-41-31(40)24-7-6-8-26(17-24)38-12-11-23-15-22(16-25(18-36)30(23)38)14-21(2)37-29(39)19-42-27-9-4-5-10-28(27)43-20-32(33,34)35/h4-10,15-17,21H,3,11-14,19-20H2,1-2H3,(H,37,39). The summed E-state index contributed by atoms with van der Waals surface area (Å²) in [5, 5.41) is 12.8. The summed E-state index contributed by atoms with van der Waals surface area (Å²) in [6.45, 7) is 2.84. The van der Waals surface area contributed by atoms with E-state index in [9.17, 15) is 28.0 Å². The summed E-state index contributed by atoms with van der Waals surface area (Å²) >= 11 is 0. The third-order valence-electron chi connectivity index (χ3n) is 6.62. The molecule has 1 N–H and O–H groups in total. The van der Waals surface area contributed by atoms with Crippen molar-refractivity contribution in [3.05, 3.63) is 82.9 Å². The number of benzene rings is 3. The molecule has 1 heterocycles. The number of hydrogen-bond donors (Lipinski definition) is 1. The van der Waals surface area contributed by atoms with Gasteiger partial charge in [0.1, 0.15) is 6.07 Å². The Morgan fingerprint density at radius 1 is 1.07 bits per heavy atom. The maximum Gasteiger partial charge on any atom is 0.422 e. The molecule has 3 aromatic carbocycles. The predicted molar refractivity (Wildman–Crippen MR) is 154 cm³/mol. The second-order valence-corrected chi connectivity index (χ2v) is 10.2. The molecule has 0 spiro atoms. The van der Waals surface area contributed by atoms with Crippen LogP contribution in [0.4, 0.5) is 24.5 Å². The molecule has 0 saturated heterocycles. The third kappa shape index (κ3) is 8.41. The number of carbonyl (C=O) groups is 2. The van der Waals surface area contributed by atoms with Crippen LogP contribution in [0.3, 0.4) is 0 Å². The molecule has 1 atom stereocenters. The number of amides is 1. The number of fused-ring (bicyclic) bond motifs is 1. The van der Waals surface area contributed by atoms with Crippen LogP contribution in [0.1, 0.15) is 47.3 Å². The molecule has 1 amide bonds. The maximum absolute atomic E-state index is 12.5. The molecule has 226 valence electrons. The van der Waals surface area contributed by atoms with Crippen LogP contribution in [0.25, 0.3) is 0 Å². The zero-order valence-electron chi connectivity index (χ0n) is 23.9. The molecule has 0 aromatic heterocycles. The van der Waals surface area contributed by atoms with E-state index in [4.69, 9.17) is 14.2 Å². The van der Waals surface area contributed by atoms with Crippen LogP contribution in [0.2, 0.25) is 0 Å². The summed E-state index contributed by atoms with van der Waals surface area (Å²) in [7, 11) is 0. The monoisotopic (exact) mass is 595 g/mol. The summed E-state index contributed by atoms with van der Waals surface area (Å²) in [6, 6.07) is 18.8. The zero-order chi connectivity index (χ0) is 31.0. The second-order valence-electron chi connectivity index (χ2n) is 10.2. The lowest BCUT2D eigenvalue weighted by atomic mass is 9.99. The third-order valence-corrected chi connectivity index (χ3v) is 6.62. The van der Waals surface area contributed by atoms with Gasteiger partial charge in [-0.3, -0.25) is 4.79 Å². The summed E-state index contributed by atoms with van der Waals surface area (Å²) in [6.07, 6.45) is -2.63. The highest BCUT2D eigenvalue weighted by Crippen LogP contribution is 2.38. The van der Waals surface area contributed by atoms with Crippen LogP contribution >= 0.6 is 0 Å². The highest BCUT2D eigenvalue weighted by Gasteiger charge is 2.29. The molecule has 1 unspecified atom stereocenters. The number of anilines is 2. The van der Waals surface area contributed by atoms with Gasteiger partial charge in [0, 0.05) is 18.3 Å². The van der Waals surface area contributed by atoms with Gasteiger partial charge in [0.25, 0.3) is 5.91 Å². The average Bonchev–Trinajstić information content (AvgIpc) is 3.41. The molecular weight excluding hydrogens is 563 g/mol. The van der Waals surface area contributed by atoms with Gasteiger partial charge in [-0.1, -0.05) is 31.2 Å². The van der Waals surface area contributed by atoms with Gasteiger partial charge in [0.2, 0.25) is 0 Å². The zero-order valence-corrected chi connectivity index (χ0v) is 23.9. The van der Waals surface area contributed by atoms with Crippen molar-refractivity contribution in [1.82, 2.24) is 5.32 Å². The molecule has 1 aliphatic rings. The van der Waals surface area contributed by atoms with Crippen molar-refractivity contribution in [3.8, 4) is 17.6 Å². The molecule has 0 saturated carbocycles. The summed E-state index contributed by atoms with van der Waals surface area (Å²) in [5.74, 6) is -0.928. The number of rotatable bonds is 12. The number of ether oxygens (including phenoxy) is 3. The number of nitrogens with zero attached hydrogens (tertiary/aromatic N) is 2. The van der Waals surface area contributed by atoms with Crippen molar-refractivity contribution < 1.29 is 37.0 Å². The van der Waals surface area contributed by atoms with Crippen molar-refractivity contribution in [2.75, 3.05) is 31.3 Å². The Hall–Kier alpha value is -4.72. The van der Waals surface area contributed by atoms with Crippen molar-refractivity contribution >= 4 is 23.3 Å². The fourth-order valence-corrected chi connectivity index (χ4v) is 4.87. The minimum atomic E-state index is -4.50. The van der Waals surface area contributed by atoms with Crippen molar-refractivity contribution in [2.24, 2.45) is 0 Å². The molecule has 0 radical (unpaired) electrons. The van der Waals surface area contributed by atoms with Crippen molar-refractivity contribution in [1.29, 1.82) is 5.26 Å².